The maximum Gasteiger partial charge on any atom is 0.241 e. The standard InChI is InChI=1S/C12H18BrNO2S/c1-3-10(4-2)9-14-17(15,16)12-8-6-5-7-11(12)13/h5-8,10,14H,3-4,9H2,1-2H3. The van der Waals surface area contributed by atoms with E-state index in [0.717, 1.165) is 12.8 Å². The van der Waals surface area contributed by atoms with E-state index in [0.29, 0.717) is 21.8 Å². The summed E-state index contributed by atoms with van der Waals surface area (Å²) in [6.07, 6.45) is 1.96. The van der Waals surface area contributed by atoms with Gasteiger partial charge in [0.1, 0.15) is 0 Å². The summed E-state index contributed by atoms with van der Waals surface area (Å²) in [5.74, 6) is 0.396. The average molecular weight is 320 g/mol. The van der Waals surface area contributed by atoms with Gasteiger partial charge in [0, 0.05) is 11.0 Å². The summed E-state index contributed by atoms with van der Waals surface area (Å²) in [7, 11) is -3.40. The van der Waals surface area contributed by atoms with Gasteiger partial charge in [-0.25, -0.2) is 13.1 Å². The van der Waals surface area contributed by atoms with Gasteiger partial charge in [-0.05, 0) is 34.0 Å². The van der Waals surface area contributed by atoms with Crippen molar-refractivity contribution in [1.29, 1.82) is 0 Å². The van der Waals surface area contributed by atoms with Crippen molar-refractivity contribution in [3.05, 3.63) is 28.7 Å². The molecule has 0 aliphatic heterocycles. The van der Waals surface area contributed by atoms with E-state index < -0.39 is 10.0 Å². The molecule has 0 radical (unpaired) electrons. The first kappa shape index (κ1) is 14.7. The van der Waals surface area contributed by atoms with Crippen LogP contribution >= 0.6 is 15.9 Å². The van der Waals surface area contributed by atoms with E-state index in [1.165, 1.54) is 0 Å². The Morgan fingerprint density at radius 2 is 1.82 bits per heavy atom. The number of rotatable bonds is 6. The fraction of sp³-hybridized carbons (Fsp3) is 0.500. The Kier molecular flexibility index (Phi) is 5.62. The Hall–Kier alpha value is -0.390. The summed E-state index contributed by atoms with van der Waals surface area (Å²) in [5, 5.41) is 0. The van der Waals surface area contributed by atoms with Crippen LogP contribution in [0.2, 0.25) is 0 Å². The highest BCUT2D eigenvalue weighted by atomic mass is 79.9. The fourth-order valence-electron chi connectivity index (χ4n) is 1.55. The van der Waals surface area contributed by atoms with E-state index in [4.69, 9.17) is 0 Å². The molecule has 0 fully saturated rings. The number of hydrogen-bond donors (Lipinski definition) is 1. The van der Waals surface area contributed by atoms with Crippen LogP contribution in [0.25, 0.3) is 0 Å². The van der Waals surface area contributed by atoms with E-state index >= 15 is 0 Å². The molecular formula is C12H18BrNO2S. The first-order valence-electron chi connectivity index (χ1n) is 5.75. The predicted octanol–water partition coefficient (Wildman–Crippen LogP) is 3.16. The molecule has 1 aromatic carbocycles. The zero-order valence-electron chi connectivity index (χ0n) is 10.1. The lowest BCUT2D eigenvalue weighted by Gasteiger charge is -2.14. The molecule has 0 aliphatic rings. The van der Waals surface area contributed by atoms with E-state index in [-0.39, 0.29) is 0 Å². The van der Waals surface area contributed by atoms with E-state index in [9.17, 15) is 8.42 Å². The molecule has 0 heterocycles. The van der Waals surface area contributed by atoms with Crippen molar-refractivity contribution >= 4 is 26.0 Å². The highest BCUT2D eigenvalue weighted by Gasteiger charge is 2.17. The number of halogens is 1. The summed E-state index contributed by atoms with van der Waals surface area (Å²) >= 11 is 3.25. The lowest BCUT2D eigenvalue weighted by molar-refractivity contribution is 0.479. The zero-order chi connectivity index (χ0) is 12.9. The van der Waals surface area contributed by atoms with Crippen LogP contribution in [0.3, 0.4) is 0 Å². The second kappa shape index (κ2) is 6.52. The van der Waals surface area contributed by atoms with E-state index in [2.05, 4.69) is 34.5 Å². The molecule has 5 heteroatoms. The van der Waals surface area contributed by atoms with Gasteiger partial charge in [0.05, 0.1) is 4.90 Å². The molecule has 0 bridgehead atoms. The van der Waals surface area contributed by atoms with Crippen molar-refractivity contribution in [3.63, 3.8) is 0 Å². The molecule has 0 spiro atoms. The second-order valence-electron chi connectivity index (χ2n) is 3.96. The molecule has 0 saturated heterocycles. The van der Waals surface area contributed by atoms with Crippen LogP contribution in [0.5, 0.6) is 0 Å². The highest BCUT2D eigenvalue weighted by molar-refractivity contribution is 9.10. The molecule has 0 aliphatic carbocycles. The van der Waals surface area contributed by atoms with Crippen LogP contribution in [-0.2, 0) is 10.0 Å². The molecule has 0 amide bonds. The fourth-order valence-corrected chi connectivity index (χ4v) is 3.66. The van der Waals surface area contributed by atoms with E-state index in [1.807, 2.05) is 0 Å². The van der Waals surface area contributed by atoms with Gasteiger partial charge in [0.25, 0.3) is 0 Å². The normalized spacial score (nSPS) is 12.0. The third kappa shape index (κ3) is 4.08. The van der Waals surface area contributed by atoms with Gasteiger partial charge in [0.2, 0.25) is 10.0 Å². The number of nitrogens with one attached hydrogen (secondary N) is 1. The zero-order valence-corrected chi connectivity index (χ0v) is 12.5. The first-order valence-corrected chi connectivity index (χ1v) is 8.03. The molecule has 0 aromatic heterocycles. The highest BCUT2D eigenvalue weighted by Crippen LogP contribution is 2.21. The average Bonchev–Trinajstić information content (AvgIpc) is 2.30. The topological polar surface area (TPSA) is 46.2 Å². The second-order valence-corrected chi connectivity index (χ2v) is 6.55. The van der Waals surface area contributed by atoms with Crippen molar-refractivity contribution in [2.75, 3.05) is 6.54 Å². The van der Waals surface area contributed by atoms with Crippen molar-refractivity contribution in [1.82, 2.24) is 4.72 Å². The molecule has 1 rings (SSSR count). The molecule has 0 atom stereocenters. The summed E-state index contributed by atoms with van der Waals surface area (Å²) in [4.78, 5) is 0.297. The predicted molar refractivity (Wildman–Crippen MR) is 73.4 cm³/mol. The van der Waals surface area contributed by atoms with Crippen molar-refractivity contribution in [3.8, 4) is 0 Å². The van der Waals surface area contributed by atoms with Gasteiger partial charge in [-0.3, -0.25) is 0 Å². The molecule has 1 N–H and O–H groups in total. The maximum atomic E-state index is 12.0. The van der Waals surface area contributed by atoms with Crippen LogP contribution in [0.1, 0.15) is 26.7 Å². The summed E-state index contributed by atoms with van der Waals surface area (Å²) in [6, 6.07) is 6.84. The minimum atomic E-state index is -3.40. The van der Waals surface area contributed by atoms with Gasteiger partial charge in [-0.1, -0.05) is 38.8 Å². The Bertz CT molecular complexity index is 455. The third-order valence-electron chi connectivity index (χ3n) is 2.84. The molecule has 0 unspecified atom stereocenters. The SMILES string of the molecule is CCC(CC)CNS(=O)(=O)c1ccccc1Br. The number of benzene rings is 1. The summed E-state index contributed by atoms with van der Waals surface area (Å²) in [5.41, 5.74) is 0. The molecule has 17 heavy (non-hydrogen) atoms. The van der Waals surface area contributed by atoms with Gasteiger partial charge >= 0.3 is 0 Å². The Morgan fingerprint density at radius 1 is 1.24 bits per heavy atom. The third-order valence-corrected chi connectivity index (χ3v) is 5.28. The van der Waals surface area contributed by atoms with Crippen LogP contribution in [0.15, 0.2) is 33.6 Å². The molecule has 0 saturated carbocycles. The molecular weight excluding hydrogens is 302 g/mol. The van der Waals surface area contributed by atoms with E-state index in [1.54, 1.807) is 24.3 Å². The van der Waals surface area contributed by atoms with Gasteiger partial charge < -0.3 is 0 Å². The molecule has 1 aromatic rings. The van der Waals surface area contributed by atoms with Gasteiger partial charge in [0.15, 0.2) is 0 Å². The lowest BCUT2D eigenvalue weighted by Crippen LogP contribution is -2.29. The Balaban J connectivity index is 2.80. The smallest absolute Gasteiger partial charge is 0.211 e. The lowest BCUT2D eigenvalue weighted by atomic mass is 10.0. The summed E-state index contributed by atoms with van der Waals surface area (Å²) < 4.78 is 27.4. The van der Waals surface area contributed by atoms with Crippen molar-refractivity contribution < 1.29 is 8.42 Å². The minimum Gasteiger partial charge on any atom is -0.211 e. The number of hydrogen-bond acceptors (Lipinski definition) is 2. The van der Waals surface area contributed by atoms with Gasteiger partial charge in [-0.15, -0.1) is 0 Å². The minimum absolute atomic E-state index is 0.297. The van der Waals surface area contributed by atoms with Crippen LogP contribution in [-0.4, -0.2) is 15.0 Å². The van der Waals surface area contributed by atoms with Crippen LogP contribution < -0.4 is 4.72 Å². The maximum absolute atomic E-state index is 12.0. The Labute approximate surface area is 112 Å². The van der Waals surface area contributed by atoms with Crippen molar-refractivity contribution in [2.24, 2.45) is 5.92 Å². The monoisotopic (exact) mass is 319 g/mol. The Morgan fingerprint density at radius 3 is 2.35 bits per heavy atom. The molecule has 96 valence electrons. The quantitative estimate of drug-likeness (QED) is 0.875. The summed E-state index contributed by atoms with van der Waals surface area (Å²) in [6.45, 7) is 4.64. The van der Waals surface area contributed by atoms with Gasteiger partial charge in [-0.2, -0.15) is 0 Å². The largest absolute Gasteiger partial charge is 0.241 e. The van der Waals surface area contributed by atoms with Crippen LogP contribution in [0.4, 0.5) is 0 Å². The van der Waals surface area contributed by atoms with Crippen molar-refractivity contribution in [2.45, 2.75) is 31.6 Å². The van der Waals surface area contributed by atoms with Crippen LogP contribution in [0, 0.1) is 5.92 Å². The number of sulfonamides is 1. The first-order chi connectivity index (χ1) is 8.01. The molecule has 3 nitrogen and oxygen atoms in total.